The van der Waals surface area contributed by atoms with Crippen molar-refractivity contribution < 1.29 is 14.4 Å². The van der Waals surface area contributed by atoms with Crippen molar-refractivity contribution in [3.05, 3.63) is 99.7 Å². The Labute approximate surface area is 209 Å². The zero-order valence-corrected chi connectivity index (χ0v) is 20.7. The molecule has 4 rings (SSSR count). The molecule has 1 aliphatic heterocycles. The number of hydrogen-bond acceptors (Lipinski definition) is 4. The molecule has 35 heavy (non-hydrogen) atoms. The number of nitrogens with one attached hydrogen (secondary N) is 2. The lowest BCUT2D eigenvalue weighted by atomic mass is 10.0. The van der Waals surface area contributed by atoms with Gasteiger partial charge in [0, 0.05) is 16.9 Å². The van der Waals surface area contributed by atoms with E-state index in [1.165, 1.54) is 0 Å². The molecular weight excluding hydrogens is 462 g/mol. The van der Waals surface area contributed by atoms with Gasteiger partial charge in [0.1, 0.15) is 10.7 Å². The van der Waals surface area contributed by atoms with E-state index in [9.17, 15) is 14.4 Å². The van der Waals surface area contributed by atoms with Crippen LogP contribution in [0.3, 0.4) is 0 Å². The molecule has 2 N–H and O–H groups in total. The van der Waals surface area contributed by atoms with Crippen molar-refractivity contribution in [2.45, 2.75) is 33.6 Å². The molecule has 0 unspecified atom stereocenters. The molecule has 7 heteroatoms. The van der Waals surface area contributed by atoms with Gasteiger partial charge in [-0.3, -0.25) is 14.4 Å². The molecule has 0 saturated heterocycles. The van der Waals surface area contributed by atoms with Gasteiger partial charge in [-0.15, -0.1) is 0 Å². The van der Waals surface area contributed by atoms with Gasteiger partial charge in [0.25, 0.3) is 17.7 Å². The summed E-state index contributed by atoms with van der Waals surface area (Å²) in [5, 5.41) is 5.65. The first-order valence-electron chi connectivity index (χ1n) is 11.3. The van der Waals surface area contributed by atoms with Gasteiger partial charge in [0.05, 0.1) is 5.69 Å². The molecule has 0 radical (unpaired) electrons. The lowest BCUT2D eigenvalue weighted by Crippen LogP contribution is -2.32. The number of carbonyl (C=O) groups excluding carboxylic acids is 3. The van der Waals surface area contributed by atoms with Gasteiger partial charge < -0.3 is 10.6 Å². The molecule has 0 saturated carbocycles. The van der Waals surface area contributed by atoms with Crippen LogP contribution in [0.2, 0.25) is 0 Å². The average Bonchev–Trinajstić information content (AvgIpc) is 3.04. The number of imide groups is 1. The van der Waals surface area contributed by atoms with Crippen molar-refractivity contribution in [2.75, 3.05) is 15.5 Å². The smallest absolute Gasteiger partial charge is 0.283 e. The summed E-state index contributed by atoms with van der Waals surface area (Å²) in [6, 6.07) is 19.7. The van der Waals surface area contributed by atoms with Gasteiger partial charge >= 0.3 is 0 Å². The number of nitrogens with zero attached hydrogens (tertiary/aromatic N) is 1. The van der Waals surface area contributed by atoms with Gasteiger partial charge in [-0.25, -0.2) is 4.90 Å². The first-order valence-corrected chi connectivity index (χ1v) is 11.7. The predicted octanol–water partition coefficient (Wildman–Crippen LogP) is 6.11. The molecular formula is C28H26ClN3O3. The molecule has 6 nitrogen and oxygen atoms in total. The van der Waals surface area contributed by atoms with E-state index in [1.54, 1.807) is 36.4 Å². The summed E-state index contributed by atoms with van der Waals surface area (Å²) in [7, 11) is 0. The summed E-state index contributed by atoms with van der Waals surface area (Å²) in [5.74, 6) is -1.11. The molecule has 0 atom stereocenters. The number of carbonyl (C=O) groups is 3. The van der Waals surface area contributed by atoms with Crippen molar-refractivity contribution in [2.24, 2.45) is 0 Å². The Bertz CT molecular complexity index is 1360. The normalized spacial score (nSPS) is 13.6. The third-order valence-electron chi connectivity index (χ3n) is 5.88. The van der Waals surface area contributed by atoms with Crippen molar-refractivity contribution in [1.29, 1.82) is 0 Å². The Morgan fingerprint density at radius 2 is 1.63 bits per heavy atom. The van der Waals surface area contributed by atoms with Gasteiger partial charge in [0.15, 0.2) is 0 Å². The third-order valence-corrected chi connectivity index (χ3v) is 6.23. The van der Waals surface area contributed by atoms with Crippen LogP contribution in [0.5, 0.6) is 0 Å². The zero-order chi connectivity index (χ0) is 25.3. The molecule has 0 fully saturated rings. The van der Waals surface area contributed by atoms with Gasteiger partial charge in [-0.2, -0.15) is 0 Å². The number of hydrogen-bond donors (Lipinski definition) is 2. The Balaban J connectivity index is 1.53. The Morgan fingerprint density at radius 3 is 2.31 bits per heavy atom. The topological polar surface area (TPSA) is 78.5 Å². The average molecular weight is 488 g/mol. The first kappa shape index (κ1) is 24.2. The van der Waals surface area contributed by atoms with Crippen LogP contribution in [-0.2, 0) is 9.59 Å². The van der Waals surface area contributed by atoms with Crippen LogP contribution < -0.4 is 15.5 Å². The molecule has 3 amide bonds. The third kappa shape index (κ3) is 4.98. The summed E-state index contributed by atoms with van der Waals surface area (Å²) >= 11 is 6.27. The van der Waals surface area contributed by atoms with Crippen LogP contribution in [0.15, 0.2) is 77.5 Å². The number of rotatable bonds is 6. The van der Waals surface area contributed by atoms with Gasteiger partial charge in [-0.05, 0) is 72.9 Å². The molecule has 1 heterocycles. The van der Waals surface area contributed by atoms with Crippen molar-refractivity contribution in [1.82, 2.24) is 0 Å². The fourth-order valence-electron chi connectivity index (χ4n) is 3.80. The van der Waals surface area contributed by atoms with Crippen LogP contribution in [0.25, 0.3) is 0 Å². The van der Waals surface area contributed by atoms with Gasteiger partial charge in [-0.1, -0.05) is 55.8 Å². The zero-order valence-electron chi connectivity index (χ0n) is 20.0. The molecule has 1 aliphatic rings. The summed E-state index contributed by atoms with van der Waals surface area (Å²) in [6.07, 6.45) is 0. The standard InChI is InChI=1S/C28H26ClN3O3/c1-16(2)19-10-12-22(13-11-19)32-27(34)24(29)25(28(32)35)30-21-7-5-6-20(15-21)26(33)31-23-14-17(3)8-9-18(23)4/h5-16,30H,1-4H3,(H,31,33). The molecule has 0 bridgehead atoms. The van der Waals surface area contributed by atoms with E-state index in [0.717, 1.165) is 27.3 Å². The maximum atomic E-state index is 13.1. The monoisotopic (exact) mass is 487 g/mol. The second-order valence-electron chi connectivity index (χ2n) is 8.86. The largest absolute Gasteiger partial charge is 0.350 e. The second-order valence-corrected chi connectivity index (χ2v) is 9.24. The van der Waals surface area contributed by atoms with E-state index in [1.807, 2.05) is 44.2 Å². The number of anilines is 3. The second kappa shape index (κ2) is 9.76. The lowest BCUT2D eigenvalue weighted by molar-refractivity contribution is -0.120. The minimum Gasteiger partial charge on any atom is -0.350 e. The van der Waals surface area contributed by atoms with Crippen LogP contribution in [0, 0.1) is 13.8 Å². The van der Waals surface area contributed by atoms with Crippen LogP contribution in [0.1, 0.15) is 46.8 Å². The van der Waals surface area contributed by atoms with Crippen LogP contribution in [0.4, 0.5) is 17.1 Å². The Kier molecular flexibility index (Phi) is 6.76. The van der Waals surface area contributed by atoms with E-state index < -0.39 is 11.8 Å². The quantitative estimate of drug-likeness (QED) is 0.411. The van der Waals surface area contributed by atoms with Crippen LogP contribution in [-0.4, -0.2) is 17.7 Å². The predicted molar refractivity (Wildman–Crippen MR) is 140 cm³/mol. The molecule has 3 aromatic rings. The SMILES string of the molecule is Cc1ccc(C)c(NC(=O)c2cccc(NC3=C(Cl)C(=O)N(c4ccc(C(C)C)cc4)C3=O)c2)c1. The Hall–Kier alpha value is -3.90. The summed E-state index contributed by atoms with van der Waals surface area (Å²) in [5.41, 5.74) is 5.09. The van der Waals surface area contributed by atoms with Crippen molar-refractivity contribution >= 4 is 46.4 Å². The highest BCUT2D eigenvalue weighted by molar-refractivity contribution is 6.53. The summed E-state index contributed by atoms with van der Waals surface area (Å²) < 4.78 is 0. The summed E-state index contributed by atoms with van der Waals surface area (Å²) in [6.45, 7) is 8.02. The molecule has 0 aromatic heterocycles. The van der Waals surface area contributed by atoms with Crippen LogP contribution >= 0.6 is 11.6 Å². The lowest BCUT2D eigenvalue weighted by Gasteiger charge is -2.16. The molecule has 0 spiro atoms. The fraction of sp³-hybridized carbons (Fsp3) is 0.179. The highest BCUT2D eigenvalue weighted by Gasteiger charge is 2.39. The Morgan fingerprint density at radius 1 is 0.914 bits per heavy atom. The fourth-order valence-corrected chi connectivity index (χ4v) is 4.01. The minimum absolute atomic E-state index is 0.0308. The van der Waals surface area contributed by atoms with E-state index in [0.29, 0.717) is 22.9 Å². The van der Waals surface area contributed by atoms with E-state index in [-0.39, 0.29) is 16.6 Å². The van der Waals surface area contributed by atoms with E-state index in [2.05, 4.69) is 24.5 Å². The maximum Gasteiger partial charge on any atom is 0.283 e. The molecule has 0 aliphatic carbocycles. The maximum absolute atomic E-state index is 13.1. The van der Waals surface area contributed by atoms with Crippen molar-refractivity contribution in [3.8, 4) is 0 Å². The highest BCUT2D eigenvalue weighted by atomic mass is 35.5. The van der Waals surface area contributed by atoms with E-state index in [4.69, 9.17) is 11.6 Å². The van der Waals surface area contributed by atoms with Crippen molar-refractivity contribution in [3.63, 3.8) is 0 Å². The summed E-state index contributed by atoms with van der Waals surface area (Å²) in [4.78, 5) is 39.8. The number of aryl methyl sites for hydroxylation is 2. The highest BCUT2D eigenvalue weighted by Crippen LogP contribution is 2.31. The number of halogens is 1. The number of amides is 3. The van der Waals surface area contributed by atoms with E-state index >= 15 is 0 Å². The minimum atomic E-state index is -0.597. The van der Waals surface area contributed by atoms with Gasteiger partial charge in [0.2, 0.25) is 0 Å². The number of benzene rings is 3. The first-order chi connectivity index (χ1) is 16.7. The molecule has 178 valence electrons. The molecule has 3 aromatic carbocycles.